The number of nitro groups is 1. The second-order valence-electron chi connectivity index (χ2n) is 2.31. The molecule has 72 valence electrons. The van der Waals surface area contributed by atoms with Crippen LogP contribution in [0.1, 0.15) is 0 Å². The van der Waals surface area contributed by atoms with Crippen LogP contribution in [0.3, 0.4) is 0 Å². The molecule has 0 bridgehead atoms. The van der Waals surface area contributed by atoms with Crippen molar-refractivity contribution in [1.82, 2.24) is 9.78 Å². The van der Waals surface area contributed by atoms with Crippen molar-refractivity contribution in [3.8, 4) is 0 Å². The van der Waals surface area contributed by atoms with Crippen LogP contribution in [0, 0.1) is 10.1 Å². The highest BCUT2D eigenvalue weighted by molar-refractivity contribution is 9.10. The van der Waals surface area contributed by atoms with E-state index in [-0.39, 0.29) is 5.82 Å². The molecule has 0 radical (unpaired) electrons. The van der Waals surface area contributed by atoms with Gasteiger partial charge in [-0.15, -0.1) is 0 Å². The fourth-order valence-corrected chi connectivity index (χ4v) is 1.27. The second kappa shape index (κ2) is 4.33. The van der Waals surface area contributed by atoms with Gasteiger partial charge in [-0.25, -0.2) is 0 Å². The van der Waals surface area contributed by atoms with Gasteiger partial charge in [0.15, 0.2) is 0 Å². The molecule has 0 aliphatic heterocycles. The summed E-state index contributed by atoms with van der Waals surface area (Å²) in [5.41, 5.74) is 0. The third-order valence-electron chi connectivity index (χ3n) is 1.40. The normalized spacial score (nSPS) is 10.3. The zero-order chi connectivity index (χ0) is 9.84. The summed E-state index contributed by atoms with van der Waals surface area (Å²) in [7, 11) is 1.56. The van der Waals surface area contributed by atoms with E-state index in [2.05, 4.69) is 21.0 Å². The Balaban J connectivity index is 2.76. The van der Waals surface area contributed by atoms with Crippen LogP contribution in [0.15, 0.2) is 10.7 Å². The van der Waals surface area contributed by atoms with E-state index in [1.54, 1.807) is 13.3 Å². The minimum absolute atomic E-state index is 0.170. The highest BCUT2D eigenvalue weighted by Crippen LogP contribution is 2.21. The molecule has 0 aliphatic rings. The first-order chi connectivity index (χ1) is 6.15. The van der Waals surface area contributed by atoms with Crippen LogP contribution in [0.4, 0.5) is 5.82 Å². The molecule has 1 aromatic rings. The lowest BCUT2D eigenvalue weighted by atomic mass is 10.6. The van der Waals surface area contributed by atoms with Crippen LogP contribution in [-0.2, 0) is 11.3 Å². The van der Waals surface area contributed by atoms with Crippen molar-refractivity contribution in [1.29, 1.82) is 0 Å². The summed E-state index contributed by atoms with van der Waals surface area (Å²) in [5.74, 6) is -0.170. The standard InChI is InChI=1S/C6H8BrN3O3/c1-13-3-2-9-4-5(7)6(8-9)10(11)12/h4H,2-3H2,1H3. The van der Waals surface area contributed by atoms with Crippen molar-refractivity contribution in [2.45, 2.75) is 6.54 Å². The van der Waals surface area contributed by atoms with Crippen LogP contribution >= 0.6 is 15.9 Å². The first-order valence-corrected chi connectivity index (χ1v) is 4.30. The lowest BCUT2D eigenvalue weighted by Crippen LogP contribution is -2.04. The second-order valence-corrected chi connectivity index (χ2v) is 3.17. The topological polar surface area (TPSA) is 70.2 Å². The number of hydrogen-bond acceptors (Lipinski definition) is 4. The first kappa shape index (κ1) is 10.1. The van der Waals surface area contributed by atoms with Gasteiger partial charge in [-0.3, -0.25) is 0 Å². The molecule has 7 heteroatoms. The zero-order valence-corrected chi connectivity index (χ0v) is 8.52. The molecule has 0 aromatic carbocycles. The maximum atomic E-state index is 10.4. The molecule has 0 atom stereocenters. The third kappa shape index (κ3) is 2.49. The fourth-order valence-electron chi connectivity index (χ4n) is 0.810. The number of halogens is 1. The predicted molar refractivity (Wildman–Crippen MR) is 48.5 cm³/mol. The van der Waals surface area contributed by atoms with Crippen molar-refractivity contribution in [2.75, 3.05) is 13.7 Å². The molecular weight excluding hydrogens is 242 g/mol. The molecule has 1 rings (SSSR count). The minimum atomic E-state index is -0.534. The average Bonchev–Trinajstić information content (AvgIpc) is 2.43. The number of nitrogens with zero attached hydrogens (tertiary/aromatic N) is 3. The molecule has 6 nitrogen and oxygen atoms in total. The molecule has 1 heterocycles. The van der Waals surface area contributed by atoms with Gasteiger partial charge in [-0.2, -0.15) is 4.68 Å². The van der Waals surface area contributed by atoms with Crippen molar-refractivity contribution >= 4 is 21.7 Å². The number of methoxy groups -OCH3 is 1. The maximum absolute atomic E-state index is 10.4. The highest BCUT2D eigenvalue weighted by atomic mass is 79.9. The van der Waals surface area contributed by atoms with Gasteiger partial charge >= 0.3 is 5.82 Å². The number of ether oxygens (including phenoxy) is 1. The van der Waals surface area contributed by atoms with Crippen molar-refractivity contribution in [3.63, 3.8) is 0 Å². The molecular formula is C6H8BrN3O3. The number of rotatable bonds is 4. The Kier molecular flexibility index (Phi) is 3.38. The fraction of sp³-hybridized carbons (Fsp3) is 0.500. The molecule has 0 unspecified atom stereocenters. The molecule has 0 spiro atoms. The summed E-state index contributed by atoms with van der Waals surface area (Å²) >= 11 is 3.04. The molecule has 0 fully saturated rings. The van der Waals surface area contributed by atoms with E-state index in [1.807, 2.05) is 0 Å². The lowest BCUT2D eigenvalue weighted by Gasteiger charge is -1.93. The molecule has 0 saturated heterocycles. The third-order valence-corrected chi connectivity index (χ3v) is 1.96. The molecule has 13 heavy (non-hydrogen) atoms. The van der Waals surface area contributed by atoms with Crippen LogP contribution in [-0.4, -0.2) is 28.4 Å². The van der Waals surface area contributed by atoms with E-state index in [0.717, 1.165) is 0 Å². The van der Waals surface area contributed by atoms with Gasteiger partial charge in [0.2, 0.25) is 0 Å². The molecule has 0 amide bonds. The largest absolute Gasteiger partial charge is 0.404 e. The van der Waals surface area contributed by atoms with Gasteiger partial charge in [-0.05, 0) is 20.9 Å². The predicted octanol–water partition coefficient (Wildman–Crippen LogP) is 1.20. The number of aromatic nitrogens is 2. The van der Waals surface area contributed by atoms with Gasteiger partial charge in [0.1, 0.15) is 4.47 Å². The zero-order valence-electron chi connectivity index (χ0n) is 6.94. The van der Waals surface area contributed by atoms with Crippen molar-refractivity contribution in [2.24, 2.45) is 0 Å². The van der Waals surface area contributed by atoms with Crippen LogP contribution in [0.2, 0.25) is 0 Å². The average molecular weight is 250 g/mol. The van der Waals surface area contributed by atoms with Crippen molar-refractivity contribution in [3.05, 3.63) is 20.8 Å². The summed E-state index contributed by atoms with van der Waals surface area (Å²) in [6, 6.07) is 0. The Bertz CT molecular complexity index is 312. The van der Waals surface area contributed by atoms with Crippen LogP contribution < -0.4 is 0 Å². The highest BCUT2D eigenvalue weighted by Gasteiger charge is 2.17. The van der Waals surface area contributed by atoms with E-state index >= 15 is 0 Å². The summed E-state index contributed by atoms with van der Waals surface area (Å²) in [4.78, 5) is 9.84. The van der Waals surface area contributed by atoms with E-state index in [1.165, 1.54) is 4.68 Å². The molecule has 0 saturated carbocycles. The van der Waals surface area contributed by atoms with E-state index in [4.69, 9.17) is 4.74 Å². The summed E-state index contributed by atoms with van der Waals surface area (Å²) < 4.78 is 6.66. The Labute approximate surface area is 82.8 Å². The summed E-state index contributed by atoms with van der Waals surface area (Å²) in [6.07, 6.45) is 1.55. The quantitative estimate of drug-likeness (QED) is 0.594. The smallest absolute Gasteiger partial charge is 0.383 e. The molecule has 0 aliphatic carbocycles. The van der Waals surface area contributed by atoms with E-state index < -0.39 is 4.92 Å². The Morgan fingerprint density at radius 1 is 1.85 bits per heavy atom. The first-order valence-electron chi connectivity index (χ1n) is 3.51. The maximum Gasteiger partial charge on any atom is 0.404 e. The van der Waals surface area contributed by atoms with E-state index in [0.29, 0.717) is 17.6 Å². The van der Waals surface area contributed by atoms with Gasteiger partial charge in [0.25, 0.3) is 0 Å². The summed E-state index contributed by atoms with van der Waals surface area (Å²) in [5, 5.41) is 14.1. The van der Waals surface area contributed by atoms with Crippen molar-refractivity contribution < 1.29 is 9.66 Å². The van der Waals surface area contributed by atoms with Gasteiger partial charge < -0.3 is 14.9 Å². The molecule has 0 N–H and O–H groups in total. The molecule has 1 aromatic heterocycles. The Morgan fingerprint density at radius 2 is 2.54 bits per heavy atom. The Hall–Kier alpha value is -0.950. The van der Waals surface area contributed by atoms with Gasteiger partial charge in [0.05, 0.1) is 24.4 Å². The Morgan fingerprint density at radius 3 is 3.00 bits per heavy atom. The van der Waals surface area contributed by atoms with Crippen LogP contribution in [0.5, 0.6) is 0 Å². The SMILES string of the molecule is COCCn1cc(Br)c([N+](=O)[O-])n1. The van der Waals surface area contributed by atoms with Gasteiger partial charge in [-0.1, -0.05) is 0 Å². The monoisotopic (exact) mass is 249 g/mol. The van der Waals surface area contributed by atoms with Gasteiger partial charge in [0, 0.05) is 7.11 Å². The van der Waals surface area contributed by atoms with E-state index in [9.17, 15) is 10.1 Å². The number of hydrogen-bond donors (Lipinski definition) is 0. The van der Waals surface area contributed by atoms with Crippen LogP contribution in [0.25, 0.3) is 0 Å². The summed E-state index contributed by atoms with van der Waals surface area (Å²) in [6.45, 7) is 0.980. The lowest BCUT2D eigenvalue weighted by molar-refractivity contribution is -0.390. The minimum Gasteiger partial charge on any atom is -0.383 e.